The molecule has 0 radical (unpaired) electrons. The maximum Gasteiger partial charge on any atom is 0.224 e. The predicted molar refractivity (Wildman–Crippen MR) is 89.8 cm³/mol. The smallest absolute Gasteiger partial charge is 0.224 e. The van der Waals surface area contributed by atoms with E-state index < -0.39 is 0 Å². The second-order valence-electron chi connectivity index (χ2n) is 6.19. The lowest BCUT2D eigenvalue weighted by atomic mass is 9.89. The minimum atomic E-state index is 0.0587. The molecule has 1 aliphatic carbocycles. The zero-order valence-electron chi connectivity index (χ0n) is 13.1. The van der Waals surface area contributed by atoms with Crippen molar-refractivity contribution in [2.24, 2.45) is 0 Å². The third-order valence-corrected chi connectivity index (χ3v) is 4.46. The number of hydrogen-bond acceptors (Lipinski definition) is 1. The van der Waals surface area contributed by atoms with E-state index in [4.69, 9.17) is 0 Å². The van der Waals surface area contributed by atoms with Gasteiger partial charge in [0, 0.05) is 0 Å². The summed E-state index contributed by atoms with van der Waals surface area (Å²) in [6.45, 7) is 2.06. The molecule has 1 aliphatic rings. The van der Waals surface area contributed by atoms with Crippen LogP contribution in [-0.2, 0) is 24.1 Å². The van der Waals surface area contributed by atoms with Crippen molar-refractivity contribution < 1.29 is 4.79 Å². The molecule has 1 amide bonds. The van der Waals surface area contributed by atoms with Crippen molar-refractivity contribution in [1.82, 2.24) is 5.32 Å². The van der Waals surface area contributed by atoms with Crippen LogP contribution in [0.15, 0.2) is 48.5 Å². The molecule has 0 saturated heterocycles. The minimum Gasteiger partial charge on any atom is -0.349 e. The number of amides is 1. The lowest BCUT2D eigenvalue weighted by Crippen LogP contribution is -2.28. The topological polar surface area (TPSA) is 29.1 Å². The van der Waals surface area contributed by atoms with Crippen molar-refractivity contribution in [2.45, 2.75) is 45.1 Å². The summed E-state index contributed by atoms with van der Waals surface area (Å²) >= 11 is 0. The van der Waals surface area contributed by atoms with Gasteiger partial charge in [-0.15, -0.1) is 0 Å². The van der Waals surface area contributed by atoms with Crippen LogP contribution in [0.3, 0.4) is 0 Å². The molecular weight excluding hydrogens is 270 g/mol. The molecule has 2 heteroatoms. The fourth-order valence-electron chi connectivity index (χ4n) is 3.18. The maximum atomic E-state index is 12.2. The van der Waals surface area contributed by atoms with E-state index in [1.807, 2.05) is 30.3 Å². The number of fused-ring (bicyclic) bond motifs is 1. The summed E-state index contributed by atoms with van der Waals surface area (Å²) in [5, 5.41) is 3.11. The number of aryl methyl sites for hydroxylation is 2. The fourth-order valence-corrected chi connectivity index (χ4v) is 3.18. The van der Waals surface area contributed by atoms with Crippen molar-refractivity contribution in [3.05, 3.63) is 70.8 Å². The highest BCUT2D eigenvalue weighted by Crippen LogP contribution is 2.24. The first-order valence-electron chi connectivity index (χ1n) is 8.17. The summed E-state index contributed by atoms with van der Waals surface area (Å²) in [6.07, 6.45) is 5.40. The van der Waals surface area contributed by atoms with Gasteiger partial charge in [0.05, 0.1) is 12.5 Å². The van der Waals surface area contributed by atoms with Crippen molar-refractivity contribution in [3.8, 4) is 0 Å². The number of rotatable bonds is 4. The van der Waals surface area contributed by atoms with E-state index in [1.165, 1.54) is 42.4 Å². The second kappa shape index (κ2) is 6.78. The van der Waals surface area contributed by atoms with Crippen LogP contribution >= 0.6 is 0 Å². The highest BCUT2D eigenvalue weighted by molar-refractivity contribution is 5.79. The molecule has 0 fully saturated rings. The van der Waals surface area contributed by atoms with Gasteiger partial charge in [-0.1, -0.05) is 48.5 Å². The molecule has 2 aromatic rings. The Labute approximate surface area is 132 Å². The normalized spacial score (nSPS) is 15.0. The number of nitrogens with one attached hydrogen (secondary N) is 1. The molecular formula is C20H23NO. The Balaban J connectivity index is 1.64. The van der Waals surface area contributed by atoms with Gasteiger partial charge >= 0.3 is 0 Å². The third-order valence-electron chi connectivity index (χ3n) is 4.46. The highest BCUT2D eigenvalue weighted by Gasteiger charge is 2.14. The Morgan fingerprint density at radius 2 is 1.77 bits per heavy atom. The van der Waals surface area contributed by atoms with Crippen LogP contribution in [-0.4, -0.2) is 5.91 Å². The van der Waals surface area contributed by atoms with E-state index in [-0.39, 0.29) is 11.9 Å². The van der Waals surface area contributed by atoms with Crippen LogP contribution in [0, 0.1) is 0 Å². The molecule has 1 N–H and O–H groups in total. The SMILES string of the molecule is CC(NC(=O)Cc1ccccc1)c1ccc2c(c1)CCCC2. The first kappa shape index (κ1) is 14.8. The zero-order valence-corrected chi connectivity index (χ0v) is 13.1. The summed E-state index contributed by atoms with van der Waals surface area (Å²) < 4.78 is 0. The van der Waals surface area contributed by atoms with Crippen LogP contribution in [0.5, 0.6) is 0 Å². The van der Waals surface area contributed by atoms with Gasteiger partial charge in [-0.05, 0) is 54.9 Å². The Hall–Kier alpha value is -2.09. The Morgan fingerprint density at radius 3 is 2.55 bits per heavy atom. The van der Waals surface area contributed by atoms with Crippen molar-refractivity contribution >= 4 is 5.91 Å². The molecule has 0 saturated carbocycles. The third kappa shape index (κ3) is 3.56. The standard InChI is InChI=1S/C20H23NO/c1-15(21-20(22)13-16-7-3-2-4-8-16)18-12-11-17-9-5-6-10-19(17)14-18/h2-4,7-8,11-12,14-15H,5-6,9-10,13H2,1H3,(H,21,22). The van der Waals surface area contributed by atoms with E-state index >= 15 is 0 Å². The summed E-state index contributed by atoms with van der Waals surface area (Å²) in [5.41, 5.74) is 5.21. The van der Waals surface area contributed by atoms with Gasteiger partial charge in [0.2, 0.25) is 5.91 Å². The molecule has 114 valence electrons. The maximum absolute atomic E-state index is 12.2. The van der Waals surface area contributed by atoms with Crippen molar-refractivity contribution in [2.75, 3.05) is 0 Å². The molecule has 1 atom stereocenters. The lowest BCUT2D eigenvalue weighted by molar-refractivity contribution is -0.121. The predicted octanol–water partition coefficient (Wildman–Crippen LogP) is 3.99. The van der Waals surface area contributed by atoms with Crippen molar-refractivity contribution in [3.63, 3.8) is 0 Å². The van der Waals surface area contributed by atoms with Gasteiger partial charge in [0.1, 0.15) is 0 Å². The first-order valence-corrected chi connectivity index (χ1v) is 8.17. The van der Waals surface area contributed by atoms with Gasteiger partial charge in [0.15, 0.2) is 0 Å². The lowest BCUT2D eigenvalue weighted by Gasteiger charge is -2.20. The molecule has 0 heterocycles. The second-order valence-corrected chi connectivity index (χ2v) is 6.19. The molecule has 0 aromatic heterocycles. The number of hydrogen-bond donors (Lipinski definition) is 1. The highest BCUT2D eigenvalue weighted by atomic mass is 16.1. The van der Waals surface area contributed by atoms with Gasteiger partial charge < -0.3 is 5.32 Å². The fraction of sp³-hybridized carbons (Fsp3) is 0.350. The van der Waals surface area contributed by atoms with Crippen LogP contribution in [0.2, 0.25) is 0 Å². The summed E-state index contributed by atoms with van der Waals surface area (Å²) in [4.78, 5) is 12.2. The summed E-state index contributed by atoms with van der Waals surface area (Å²) in [6, 6.07) is 16.6. The Kier molecular flexibility index (Phi) is 4.57. The first-order chi connectivity index (χ1) is 10.7. The van der Waals surface area contributed by atoms with Crippen LogP contribution < -0.4 is 5.32 Å². The quantitative estimate of drug-likeness (QED) is 0.907. The van der Waals surface area contributed by atoms with Gasteiger partial charge in [-0.2, -0.15) is 0 Å². The van der Waals surface area contributed by atoms with E-state index in [9.17, 15) is 4.79 Å². The Morgan fingerprint density at radius 1 is 1.05 bits per heavy atom. The minimum absolute atomic E-state index is 0.0587. The molecule has 0 aliphatic heterocycles. The van der Waals surface area contributed by atoms with E-state index in [1.54, 1.807) is 0 Å². The Bertz CT molecular complexity index is 648. The van der Waals surface area contributed by atoms with E-state index in [2.05, 4.69) is 30.4 Å². The molecule has 3 rings (SSSR count). The van der Waals surface area contributed by atoms with E-state index in [0.29, 0.717) is 6.42 Å². The largest absolute Gasteiger partial charge is 0.349 e. The van der Waals surface area contributed by atoms with Gasteiger partial charge in [0.25, 0.3) is 0 Å². The summed E-state index contributed by atoms with van der Waals surface area (Å²) in [7, 11) is 0. The van der Waals surface area contributed by atoms with Crippen LogP contribution in [0.1, 0.15) is 48.1 Å². The average molecular weight is 293 g/mol. The molecule has 2 nitrogen and oxygen atoms in total. The van der Waals surface area contributed by atoms with Gasteiger partial charge in [-0.3, -0.25) is 4.79 Å². The molecule has 0 spiro atoms. The molecule has 0 bridgehead atoms. The number of carbonyl (C=O) groups excluding carboxylic acids is 1. The number of benzene rings is 2. The average Bonchev–Trinajstić information content (AvgIpc) is 2.55. The van der Waals surface area contributed by atoms with E-state index in [0.717, 1.165) is 5.56 Å². The number of carbonyl (C=O) groups is 1. The zero-order chi connectivity index (χ0) is 15.4. The van der Waals surface area contributed by atoms with Crippen molar-refractivity contribution in [1.29, 1.82) is 0 Å². The molecule has 2 aromatic carbocycles. The van der Waals surface area contributed by atoms with Crippen LogP contribution in [0.25, 0.3) is 0 Å². The monoisotopic (exact) mass is 293 g/mol. The molecule has 22 heavy (non-hydrogen) atoms. The van der Waals surface area contributed by atoms with Gasteiger partial charge in [-0.25, -0.2) is 0 Å². The molecule has 1 unspecified atom stereocenters. The van der Waals surface area contributed by atoms with Crippen LogP contribution in [0.4, 0.5) is 0 Å². The summed E-state index contributed by atoms with van der Waals surface area (Å²) in [5.74, 6) is 0.0800.